The number of benzene rings is 2. The normalized spacial score (nSPS) is 14.0. The van der Waals surface area contributed by atoms with E-state index in [1.165, 1.54) is 0 Å². The zero-order valence-electron chi connectivity index (χ0n) is 11.2. The average molecular weight is 310 g/mol. The van der Waals surface area contributed by atoms with Crippen LogP contribution >= 0.6 is 23.2 Å². The maximum absolute atomic E-state index is 9.57. The second-order valence-corrected chi connectivity index (χ2v) is 5.54. The molecule has 2 aromatic carbocycles. The van der Waals surface area contributed by atoms with Crippen molar-refractivity contribution in [3.63, 3.8) is 0 Å². The molecule has 0 aliphatic carbocycles. The van der Waals surface area contributed by atoms with Crippen LogP contribution in [0.25, 0.3) is 0 Å². The highest BCUT2D eigenvalue weighted by Crippen LogP contribution is 2.27. The molecule has 0 fully saturated rings. The van der Waals surface area contributed by atoms with E-state index >= 15 is 0 Å². The average Bonchev–Trinajstić information content (AvgIpc) is 2.45. The van der Waals surface area contributed by atoms with Crippen LogP contribution in [0.5, 0.6) is 0 Å². The summed E-state index contributed by atoms with van der Waals surface area (Å²) in [6.45, 7) is 2.04. The van der Waals surface area contributed by atoms with Crippen LogP contribution in [-0.4, -0.2) is 11.7 Å². The number of aliphatic hydroxyl groups is 1. The maximum Gasteiger partial charge on any atom is 0.0626 e. The van der Waals surface area contributed by atoms with Crippen molar-refractivity contribution >= 4 is 23.2 Å². The summed E-state index contributed by atoms with van der Waals surface area (Å²) in [4.78, 5) is 0. The van der Waals surface area contributed by atoms with Gasteiger partial charge in [0.15, 0.2) is 0 Å². The Morgan fingerprint density at radius 2 is 1.80 bits per heavy atom. The molecule has 2 atom stereocenters. The van der Waals surface area contributed by atoms with Gasteiger partial charge in [-0.1, -0.05) is 59.6 Å². The van der Waals surface area contributed by atoms with Gasteiger partial charge in [-0.05, 0) is 30.2 Å². The Labute approximate surface area is 129 Å². The fourth-order valence-electron chi connectivity index (χ4n) is 2.18. The zero-order valence-corrected chi connectivity index (χ0v) is 12.7. The molecule has 20 heavy (non-hydrogen) atoms. The van der Waals surface area contributed by atoms with Crippen molar-refractivity contribution in [3.8, 4) is 0 Å². The highest BCUT2D eigenvalue weighted by Gasteiger charge is 2.16. The fraction of sp³-hybridized carbons (Fsp3) is 0.250. The van der Waals surface area contributed by atoms with E-state index in [4.69, 9.17) is 23.2 Å². The van der Waals surface area contributed by atoms with E-state index in [2.05, 4.69) is 5.32 Å². The van der Waals surface area contributed by atoms with Crippen LogP contribution < -0.4 is 5.32 Å². The van der Waals surface area contributed by atoms with E-state index in [0.29, 0.717) is 10.0 Å². The summed E-state index contributed by atoms with van der Waals surface area (Å²) in [6.07, 6.45) is 0. The van der Waals surface area contributed by atoms with Crippen LogP contribution in [0.4, 0.5) is 0 Å². The quantitative estimate of drug-likeness (QED) is 0.859. The lowest BCUT2D eigenvalue weighted by Gasteiger charge is -2.23. The van der Waals surface area contributed by atoms with Crippen molar-refractivity contribution in [2.45, 2.75) is 19.0 Å². The molecule has 0 aliphatic heterocycles. The van der Waals surface area contributed by atoms with Gasteiger partial charge in [0.1, 0.15) is 0 Å². The summed E-state index contributed by atoms with van der Waals surface area (Å²) in [5.41, 5.74) is 2.01. The van der Waals surface area contributed by atoms with Gasteiger partial charge >= 0.3 is 0 Å². The molecular weight excluding hydrogens is 293 g/mol. The second kappa shape index (κ2) is 7.09. The van der Waals surface area contributed by atoms with Gasteiger partial charge in [0, 0.05) is 16.1 Å². The summed E-state index contributed by atoms with van der Waals surface area (Å²) in [5, 5.41) is 14.2. The van der Waals surface area contributed by atoms with Crippen molar-refractivity contribution in [1.29, 1.82) is 0 Å². The summed E-state index contributed by atoms with van der Waals surface area (Å²) < 4.78 is 0. The molecule has 4 heteroatoms. The summed E-state index contributed by atoms with van der Waals surface area (Å²) in [7, 11) is 0. The highest BCUT2D eigenvalue weighted by molar-refractivity contribution is 6.35. The molecule has 1 unspecified atom stereocenters. The van der Waals surface area contributed by atoms with Gasteiger partial charge in [-0.3, -0.25) is 0 Å². The lowest BCUT2D eigenvalue weighted by atomic mass is 10.0. The van der Waals surface area contributed by atoms with Crippen LogP contribution in [0.2, 0.25) is 10.0 Å². The summed E-state index contributed by atoms with van der Waals surface area (Å²) in [5.74, 6) is 0. The molecule has 2 nitrogen and oxygen atoms in total. The molecule has 0 saturated carbocycles. The molecular formula is C16H17Cl2NO. The molecule has 2 aromatic rings. The number of aliphatic hydroxyl groups excluding tert-OH is 1. The zero-order chi connectivity index (χ0) is 14.5. The van der Waals surface area contributed by atoms with Crippen LogP contribution in [0.3, 0.4) is 0 Å². The molecule has 0 radical (unpaired) electrons. The van der Waals surface area contributed by atoms with E-state index in [-0.39, 0.29) is 18.7 Å². The Hall–Kier alpha value is -1.06. The highest BCUT2D eigenvalue weighted by atomic mass is 35.5. The van der Waals surface area contributed by atoms with Crippen LogP contribution in [-0.2, 0) is 0 Å². The van der Waals surface area contributed by atoms with E-state index in [1.807, 2.05) is 49.4 Å². The third kappa shape index (κ3) is 3.74. The minimum atomic E-state index is -0.127. The van der Waals surface area contributed by atoms with Gasteiger partial charge in [-0.2, -0.15) is 0 Å². The molecule has 0 heterocycles. The Morgan fingerprint density at radius 1 is 1.10 bits per heavy atom. The first kappa shape index (κ1) is 15.3. The van der Waals surface area contributed by atoms with Gasteiger partial charge < -0.3 is 10.4 Å². The Balaban J connectivity index is 2.15. The van der Waals surface area contributed by atoms with Gasteiger partial charge in [0.2, 0.25) is 0 Å². The molecule has 0 aromatic heterocycles. The Kier molecular flexibility index (Phi) is 5.44. The first-order valence-corrected chi connectivity index (χ1v) is 7.24. The molecule has 0 amide bonds. The molecule has 0 saturated heterocycles. The van der Waals surface area contributed by atoms with E-state index in [9.17, 15) is 5.11 Å². The lowest BCUT2D eigenvalue weighted by molar-refractivity contribution is 0.235. The largest absolute Gasteiger partial charge is 0.394 e. The fourth-order valence-corrected chi connectivity index (χ4v) is 2.76. The van der Waals surface area contributed by atoms with Crippen LogP contribution in [0, 0.1) is 0 Å². The summed E-state index contributed by atoms with van der Waals surface area (Å²) >= 11 is 12.1. The molecule has 0 aliphatic rings. The van der Waals surface area contributed by atoms with Crippen LogP contribution in [0.1, 0.15) is 30.1 Å². The van der Waals surface area contributed by atoms with Gasteiger partial charge in [0.05, 0.1) is 12.6 Å². The monoisotopic (exact) mass is 309 g/mol. The molecule has 0 spiro atoms. The first-order valence-electron chi connectivity index (χ1n) is 6.48. The van der Waals surface area contributed by atoms with Crippen molar-refractivity contribution < 1.29 is 5.11 Å². The third-order valence-electron chi connectivity index (χ3n) is 3.26. The van der Waals surface area contributed by atoms with Crippen molar-refractivity contribution in [3.05, 3.63) is 69.7 Å². The topological polar surface area (TPSA) is 32.3 Å². The minimum Gasteiger partial charge on any atom is -0.394 e. The maximum atomic E-state index is 9.57. The van der Waals surface area contributed by atoms with Gasteiger partial charge in [-0.25, -0.2) is 0 Å². The lowest BCUT2D eigenvalue weighted by Crippen LogP contribution is -2.27. The van der Waals surface area contributed by atoms with Crippen LogP contribution in [0.15, 0.2) is 48.5 Å². The standard InChI is InChI=1S/C16H17Cl2NO/c1-11(14-8-7-13(17)9-15(14)18)19-16(10-20)12-5-3-2-4-6-12/h2-9,11,16,19-20H,10H2,1H3/t11?,16-/m1/s1. The molecule has 2 N–H and O–H groups in total. The van der Waals surface area contributed by atoms with E-state index in [1.54, 1.807) is 6.07 Å². The Bertz CT molecular complexity index is 560. The summed E-state index contributed by atoms with van der Waals surface area (Å²) in [6, 6.07) is 15.2. The van der Waals surface area contributed by atoms with Crippen molar-refractivity contribution in [1.82, 2.24) is 5.32 Å². The van der Waals surface area contributed by atoms with Gasteiger partial charge in [-0.15, -0.1) is 0 Å². The van der Waals surface area contributed by atoms with Crippen molar-refractivity contribution in [2.75, 3.05) is 6.61 Å². The number of rotatable bonds is 5. The number of nitrogens with one attached hydrogen (secondary N) is 1. The molecule has 0 bridgehead atoms. The Morgan fingerprint density at radius 3 is 2.40 bits per heavy atom. The molecule has 106 valence electrons. The van der Waals surface area contributed by atoms with E-state index < -0.39 is 0 Å². The SMILES string of the molecule is CC(N[C@H](CO)c1ccccc1)c1ccc(Cl)cc1Cl. The smallest absolute Gasteiger partial charge is 0.0626 e. The number of hydrogen-bond donors (Lipinski definition) is 2. The minimum absolute atomic E-state index is 0.0112. The number of hydrogen-bond acceptors (Lipinski definition) is 2. The second-order valence-electron chi connectivity index (χ2n) is 4.70. The van der Waals surface area contributed by atoms with E-state index in [0.717, 1.165) is 11.1 Å². The predicted molar refractivity (Wildman–Crippen MR) is 84.3 cm³/mol. The van der Waals surface area contributed by atoms with Gasteiger partial charge in [0.25, 0.3) is 0 Å². The van der Waals surface area contributed by atoms with Crippen molar-refractivity contribution in [2.24, 2.45) is 0 Å². The third-order valence-corrected chi connectivity index (χ3v) is 3.83. The molecule has 2 rings (SSSR count). The predicted octanol–water partition coefficient (Wildman–Crippen LogP) is 4.38. The number of halogens is 2. The first-order chi connectivity index (χ1) is 9.61.